The van der Waals surface area contributed by atoms with Crippen LogP contribution < -0.4 is 5.32 Å². The van der Waals surface area contributed by atoms with Crippen molar-refractivity contribution in [3.8, 4) is 5.69 Å². The van der Waals surface area contributed by atoms with Gasteiger partial charge in [-0.1, -0.05) is 6.07 Å². The Balaban J connectivity index is 2.08. The summed E-state index contributed by atoms with van der Waals surface area (Å²) >= 11 is 0. The molecule has 26 heavy (non-hydrogen) atoms. The summed E-state index contributed by atoms with van der Waals surface area (Å²) in [6.45, 7) is 8.04. The highest BCUT2D eigenvalue weighted by Crippen LogP contribution is 2.25. The Bertz CT molecular complexity index is 982. The first-order chi connectivity index (χ1) is 12.2. The highest BCUT2D eigenvalue weighted by Gasteiger charge is 2.33. The maximum Gasteiger partial charge on any atom is 0.331 e. The molecule has 6 heteroatoms. The van der Waals surface area contributed by atoms with Crippen molar-refractivity contribution in [1.29, 1.82) is 0 Å². The average Bonchev–Trinajstić information content (AvgIpc) is 2.86. The molecule has 0 unspecified atom stereocenters. The van der Waals surface area contributed by atoms with Gasteiger partial charge in [0.25, 0.3) is 11.8 Å². The van der Waals surface area contributed by atoms with Crippen molar-refractivity contribution in [3.05, 3.63) is 57.9 Å². The Hall–Kier alpha value is -3.15. The summed E-state index contributed by atoms with van der Waals surface area (Å²) in [5.41, 5.74) is 6.06. The number of likely N-dealkylation sites (N-methyl/N-ethyl adjacent to an activating group) is 1. The van der Waals surface area contributed by atoms with E-state index in [0.717, 1.165) is 27.5 Å². The maximum absolute atomic E-state index is 12.3. The lowest BCUT2D eigenvalue weighted by molar-refractivity contribution is -0.129. The van der Waals surface area contributed by atoms with Gasteiger partial charge in [0.15, 0.2) is 0 Å². The molecular formula is C20H21N3O3. The lowest BCUT2D eigenvalue weighted by Gasteiger charge is -2.22. The molecule has 2 heterocycles. The van der Waals surface area contributed by atoms with Crippen LogP contribution in [0.4, 0.5) is 4.79 Å². The van der Waals surface area contributed by atoms with E-state index in [0.29, 0.717) is 0 Å². The van der Waals surface area contributed by atoms with E-state index in [9.17, 15) is 14.4 Å². The number of barbiturate groups is 1. The summed E-state index contributed by atoms with van der Waals surface area (Å²) in [7, 11) is 1.34. The van der Waals surface area contributed by atoms with E-state index in [1.54, 1.807) is 6.08 Å². The molecule has 2 aromatic rings. The van der Waals surface area contributed by atoms with Gasteiger partial charge in [-0.3, -0.25) is 19.8 Å². The van der Waals surface area contributed by atoms with Crippen LogP contribution in [0.2, 0.25) is 0 Å². The number of imide groups is 2. The van der Waals surface area contributed by atoms with Crippen molar-refractivity contribution in [2.75, 3.05) is 7.05 Å². The molecule has 1 N–H and O–H groups in total. The molecule has 1 aromatic heterocycles. The van der Waals surface area contributed by atoms with Gasteiger partial charge >= 0.3 is 6.03 Å². The van der Waals surface area contributed by atoms with Crippen molar-refractivity contribution >= 4 is 23.9 Å². The van der Waals surface area contributed by atoms with Crippen molar-refractivity contribution in [2.24, 2.45) is 0 Å². The minimum atomic E-state index is -0.710. The van der Waals surface area contributed by atoms with E-state index < -0.39 is 17.8 Å². The third-order valence-corrected chi connectivity index (χ3v) is 4.82. The molecule has 1 fully saturated rings. The lowest BCUT2D eigenvalue weighted by atomic mass is 10.1. The molecule has 4 amide bonds. The molecule has 0 bridgehead atoms. The summed E-state index contributed by atoms with van der Waals surface area (Å²) in [5, 5.41) is 2.17. The average molecular weight is 351 g/mol. The van der Waals surface area contributed by atoms with Crippen molar-refractivity contribution < 1.29 is 14.4 Å². The molecule has 1 aliphatic heterocycles. The van der Waals surface area contributed by atoms with Crippen LogP contribution in [0.3, 0.4) is 0 Å². The van der Waals surface area contributed by atoms with Crippen LogP contribution in [0.25, 0.3) is 11.8 Å². The first-order valence-electron chi connectivity index (χ1n) is 8.32. The Labute approximate surface area is 152 Å². The van der Waals surface area contributed by atoms with Crippen molar-refractivity contribution in [3.63, 3.8) is 0 Å². The van der Waals surface area contributed by atoms with Gasteiger partial charge < -0.3 is 4.57 Å². The number of aryl methyl sites for hydroxylation is 3. The second kappa shape index (κ2) is 6.29. The second-order valence-electron chi connectivity index (χ2n) is 6.61. The number of amides is 4. The Morgan fingerprint density at radius 1 is 0.962 bits per heavy atom. The van der Waals surface area contributed by atoms with Crippen LogP contribution in [0.1, 0.15) is 28.1 Å². The molecule has 0 radical (unpaired) electrons. The van der Waals surface area contributed by atoms with Crippen LogP contribution >= 0.6 is 0 Å². The molecule has 0 aliphatic carbocycles. The highest BCUT2D eigenvalue weighted by atomic mass is 16.2. The van der Waals surface area contributed by atoms with E-state index in [-0.39, 0.29) is 5.57 Å². The van der Waals surface area contributed by atoms with Gasteiger partial charge in [0.05, 0.1) is 0 Å². The monoisotopic (exact) mass is 351 g/mol. The van der Waals surface area contributed by atoms with Gasteiger partial charge in [0.1, 0.15) is 5.57 Å². The Kier molecular flexibility index (Phi) is 4.28. The van der Waals surface area contributed by atoms with Crippen LogP contribution in [0, 0.1) is 27.7 Å². The van der Waals surface area contributed by atoms with Crippen molar-refractivity contribution in [1.82, 2.24) is 14.8 Å². The molecule has 134 valence electrons. The largest absolute Gasteiger partial charge is 0.331 e. The quantitative estimate of drug-likeness (QED) is 0.668. The van der Waals surface area contributed by atoms with E-state index in [1.165, 1.54) is 18.2 Å². The smallest absolute Gasteiger partial charge is 0.318 e. The Morgan fingerprint density at radius 3 is 2.31 bits per heavy atom. The van der Waals surface area contributed by atoms with Gasteiger partial charge in [-0.25, -0.2) is 4.79 Å². The maximum atomic E-state index is 12.3. The first kappa shape index (κ1) is 17.7. The topological polar surface area (TPSA) is 71.4 Å². The summed E-state index contributed by atoms with van der Waals surface area (Å²) in [5.74, 6) is -1.27. The molecule has 1 aromatic carbocycles. The number of carbonyl (C=O) groups excluding carboxylic acids is 3. The molecule has 0 spiro atoms. The fourth-order valence-corrected chi connectivity index (χ4v) is 3.10. The van der Waals surface area contributed by atoms with E-state index >= 15 is 0 Å². The Morgan fingerprint density at radius 2 is 1.65 bits per heavy atom. The number of nitrogens with one attached hydrogen (secondary N) is 1. The number of nitrogens with zero attached hydrogens (tertiary/aromatic N) is 2. The summed E-state index contributed by atoms with van der Waals surface area (Å²) < 4.78 is 2.08. The highest BCUT2D eigenvalue weighted by molar-refractivity contribution is 6.30. The number of aromatic nitrogens is 1. The molecule has 0 atom stereocenters. The normalized spacial score (nSPS) is 16.4. The first-order valence-corrected chi connectivity index (χ1v) is 8.32. The molecule has 6 nitrogen and oxygen atoms in total. The summed E-state index contributed by atoms with van der Waals surface area (Å²) in [6, 6.07) is 7.44. The summed E-state index contributed by atoms with van der Waals surface area (Å²) in [4.78, 5) is 36.8. The lowest BCUT2D eigenvalue weighted by Crippen LogP contribution is -2.52. The van der Waals surface area contributed by atoms with Gasteiger partial charge in [-0.2, -0.15) is 0 Å². The van der Waals surface area contributed by atoms with Gasteiger partial charge in [-0.05, 0) is 68.7 Å². The van der Waals surface area contributed by atoms with E-state index in [2.05, 4.69) is 35.9 Å². The number of carbonyl (C=O) groups is 3. The zero-order valence-corrected chi connectivity index (χ0v) is 15.5. The van der Waals surface area contributed by atoms with Gasteiger partial charge in [0.2, 0.25) is 0 Å². The predicted octanol–water partition coefficient (Wildman–Crippen LogP) is 2.80. The molecule has 3 rings (SSSR count). The predicted molar refractivity (Wildman–Crippen MR) is 99.0 cm³/mol. The standard InChI is InChI=1S/C20H21N3O3/c1-11-6-7-16(8-12(11)2)23-13(3)9-15(14(23)4)10-17-18(24)21-20(26)22(5)19(17)25/h6-10H,1-5H3,(H,21,24,26). The van der Waals surface area contributed by atoms with E-state index in [1.807, 2.05) is 26.0 Å². The summed E-state index contributed by atoms with van der Waals surface area (Å²) in [6.07, 6.45) is 1.54. The third kappa shape index (κ3) is 2.83. The minimum absolute atomic E-state index is 0.0487. The minimum Gasteiger partial charge on any atom is -0.318 e. The fourth-order valence-electron chi connectivity index (χ4n) is 3.10. The zero-order chi connectivity index (χ0) is 19.2. The van der Waals surface area contributed by atoms with Crippen molar-refractivity contribution in [2.45, 2.75) is 27.7 Å². The second-order valence-corrected chi connectivity index (χ2v) is 6.61. The molecule has 0 saturated carbocycles. The van der Waals surface area contributed by atoms with Crippen LogP contribution in [0.15, 0.2) is 29.8 Å². The number of hydrogen-bond acceptors (Lipinski definition) is 3. The molecule has 1 aliphatic rings. The van der Waals surface area contributed by atoms with Crippen LogP contribution in [-0.4, -0.2) is 34.4 Å². The zero-order valence-electron chi connectivity index (χ0n) is 15.5. The molecular weight excluding hydrogens is 330 g/mol. The van der Waals surface area contributed by atoms with Gasteiger partial charge in [0, 0.05) is 24.1 Å². The number of rotatable bonds is 2. The fraction of sp³-hybridized carbons (Fsp3) is 0.250. The number of benzene rings is 1. The van der Waals surface area contributed by atoms with Crippen LogP contribution in [-0.2, 0) is 9.59 Å². The molecule has 1 saturated heterocycles. The van der Waals surface area contributed by atoms with Gasteiger partial charge in [-0.15, -0.1) is 0 Å². The third-order valence-electron chi connectivity index (χ3n) is 4.82. The number of hydrogen-bond donors (Lipinski definition) is 1. The van der Waals surface area contributed by atoms with Crippen LogP contribution in [0.5, 0.6) is 0 Å². The number of urea groups is 1. The SMILES string of the molecule is Cc1ccc(-n2c(C)cc(C=C3C(=O)NC(=O)N(C)C3=O)c2C)cc1C. The van der Waals surface area contributed by atoms with E-state index in [4.69, 9.17) is 0 Å².